The van der Waals surface area contributed by atoms with Gasteiger partial charge in [-0.1, -0.05) is 13.0 Å². The fourth-order valence-corrected chi connectivity index (χ4v) is 3.00. The van der Waals surface area contributed by atoms with Crippen LogP contribution in [0.3, 0.4) is 0 Å². The Morgan fingerprint density at radius 1 is 1.53 bits per heavy atom. The summed E-state index contributed by atoms with van der Waals surface area (Å²) in [5, 5.41) is 9.18. The summed E-state index contributed by atoms with van der Waals surface area (Å²) in [6.07, 6.45) is 2.26. The van der Waals surface area contributed by atoms with Crippen LogP contribution >= 0.6 is 0 Å². The van der Waals surface area contributed by atoms with Crippen molar-refractivity contribution in [2.45, 2.75) is 31.8 Å². The average Bonchev–Trinajstić information content (AvgIpc) is 3.03. The third-order valence-electron chi connectivity index (χ3n) is 4.01. The van der Waals surface area contributed by atoms with Crippen LogP contribution in [-0.2, 0) is 11.8 Å². The first kappa shape index (κ1) is 12.2. The number of aryl methyl sites for hydroxylation is 1. The van der Waals surface area contributed by atoms with Crippen molar-refractivity contribution in [1.82, 2.24) is 9.55 Å². The van der Waals surface area contributed by atoms with Crippen LogP contribution < -0.4 is 0 Å². The number of nitrogens with zero attached hydrogens (tertiary/aromatic N) is 3. The Bertz CT molecular complexity index is 653. The molecule has 4 nitrogen and oxygen atoms in total. The second-order valence-corrected chi connectivity index (χ2v) is 5.03. The number of aromatic nitrogens is 2. The SMILES string of the molecule is CCC1OCCC1c1nc2c(C#N)cccc2n1C. The zero-order valence-corrected chi connectivity index (χ0v) is 11.3. The first-order valence-electron chi connectivity index (χ1n) is 6.73. The summed E-state index contributed by atoms with van der Waals surface area (Å²) in [6, 6.07) is 7.97. The highest BCUT2D eigenvalue weighted by molar-refractivity contribution is 5.82. The summed E-state index contributed by atoms with van der Waals surface area (Å²) in [5.41, 5.74) is 2.48. The lowest BCUT2D eigenvalue weighted by Gasteiger charge is -2.16. The Morgan fingerprint density at radius 2 is 2.37 bits per heavy atom. The van der Waals surface area contributed by atoms with E-state index in [0.717, 1.165) is 36.3 Å². The first-order valence-corrected chi connectivity index (χ1v) is 6.73. The third kappa shape index (κ3) is 1.82. The zero-order chi connectivity index (χ0) is 13.4. The van der Waals surface area contributed by atoms with Crippen molar-refractivity contribution in [3.63, 3.8) is 0 Å². The topological polar surface area (TPSA) is 50.8 Å². The van der Waals surface area contributed by atoms with Gasteiger partial charge in [0.2, 0.25) is 0 Å². The number of fused-ring (bicyclic) bond motifs is 1. The van der Waals surface area contributed by atoms with E-state index in [2.05, 4.69) is 17.6 Å². The van der Waals surface area contributed by atoms with Crippen LogP contribution in [0.1, 0.15) is 37.1 Å². The minimum Gasteiger partial charge on any atom is -0.377 e. The molecule has 0 bridgehead atoms. The van der Waals surface area contributed by atoms with Gasteiger partial charge in [-0.15, -0.1) is 0 Å². The Morgan fingerprint density at radius 3 is 3.11 bits per heavy atom. The fourth-order valence-electron chi connectivity index (χ4n) is 3.00. The van der Waals surface area contributed by atoms with E-state index < -0.39 is 0 Å². The predicted octanol–water partition coefficient (Wildman–Crippen LogP) is 2.73. The molecule has 1 saturated heterocycles. The first-order chi connectivity index (χ1) is 9.26. The predicted molar refractivity (Wildman–Crippen MR) is 72.8 cm³/mol. The quantitative estimate of drug-likeness (QED) is 0.829. The van der Waals surface area contributed by atoms with E-state index >= 15 is 0 Å². The number of benzene rings is 1. The summed E-state index contributed by atoms with van der Waals surface area (Å²) in [6.45, 7) is 2.95. The number of para-hydroxylation sites is 1. The van der Waals surface area contributed by atoms with Crippen LogP contribution in [0.5, 0.6) is 0 Å². The molecule has 2 heterocycles. The molecule has 0 amide bonds. The van der Waals surface area contributed by atoms with Crippen molar-refractivity contribution >= 4 is 11.0 Å². The zero-order valence-electron chi connectivity index (χ0n) is 11.3. The molecular formula is C15H17N3O. The molecule has 1 aromatic carbocycles. The minimum absolute atomic E-state index is 0.251. The standard InChI is InChI=1S/C15H17N3O/c1-3-13-11(7-8-19-13)15-17-14-10(9-16)5-4-6-12(14)18(15)2/h4-6,11,13H,3,7-8H2,1-2H3. The molecule has 0 aliphatic carbocycles. The Labute approximate surface area is 112 Å². The number of rotatable bonds is 2. The molecule has 1 aliphatic rings. The summed E-state index contributed by atoms with van der Waals surface area (Å²) in [4.78, 5) is 4.72. The van der Waals surface area contributed by atoms with Gasteiger partial charge in [0.15, 0.2) is 0 Å². The van der Waals surface area contributed by atoms with Gasteiger partial charge < -0.3 is 9.30 Å². The van der Waals surface area contributed by atoms with Crippen LogP contribution in [0, 0.1) is 11.3 Å². The molecule has 1 fully saturated rings. The molecule has 19 heavy (non-hydrogen) atoms. The maximum absolute atomic E-state index is 9.18. The normalized spacial score (nSPS) is 22.8. The van der Waals surface area contributed by atoms with Crippen LogP contribution in [0.4, 0.5) is 0 Å². The molecule has 2 atom stereocenters. The van der Waals surface area contributed by atoms with Crippen molar-refractivity contribution in [1.29, 1.82) is 5.26 Å². The number of hydrogen-bond acceptors (Lipinski definition) is 3. The Kier molecular flexibility index (Phi) is 3.00. The second kappa shape index (κ2) is 4.67. The van der Waals surface area contributed by atoms with E-state index in [1.807, 2.05) is 25.2 Å². The van der Waals surface area contributed by atoms with E-state index in [4.69, 9.17) is 9.72 Å². The third-order valence-corrected chi connectivity index (χ3v) is 4.01. The van der Waals surface area contributed by atoms with Crippen LogP contribution in [-0.4, -0.2) is 22.3 Å². The molecule has 2 unspecified atom stereocenters. The van der Waals surface area contributed by atoms with Gasteiger partial charge >= 0.3 is 0 Å². The molecule has 98 valence electrons. The lowest BCUT2D eigenvalue weighted by molar-refractivity contribution is 0.0991. The van der Waals surface area contributed by atoms with E-state index in [-0.39, 0.29) is 6.10 Å². The highest BCUT2D eigenvalue weighted by atomic mass is 16.5. The summed E-state index contributed by atoms with van der Waals surface area (Å²) in [5.74, 6) is 1.39. The minimum atomic E-state index is 0.251. The maximum atomic E-state index is 9.18. The van der Waals surface area contributed by atoms with Crippen molar-refractivity contribution in [2.75, 3.05) is 6.61 Å². The van der Waals surface area contributed by atoms with E-state index in [1.54, 1.807) is 0 Å². The lowest BCUT2D eigenvalue weighted by atomic mass is 9.99. The average molecular weight is 255 g/mol. The van der Waals surface area contributed by atoms with Gasteiger partial charge in [-0.25, -0.2) is 4.98 Å². The van der Waals surface area contributed by atoms with Crippen molar-refractivity contribution < 1.29 is 4.74 Å². The number of imidazole rings is 1. The largest absolute Gasteiger partial charge is 0.377 e. The van der Waals surface area contributed by atoms with E-state index in [9.17, 15) is 5.26 Å². The molecule has 1 aliphatic heterocycles. The highest BCUT2D eigenvalue weighted by Gasteiger charge is 2.32. The van der Waals surface area contributed by atoms with Gasteiger partial charge in [-0.2, -0.15) is 5.26 Å². The molecule has 0 radical (unpaired) electrons. The Hall–Kier alpha value is -1.86. The molecule has 2 aromatic rings. The Balaban J connectivity index is 2.15. The molecular weight excluding hydrogens is 238 g/mol. The van der Waals surface area contributed by atoms with Crippen LogP contribution in [0.2, 0.25) is 0 Å². The van der Waals surface area contributed by atoms with Gasteiger partial charge in [-0.3, -0.25) is 0 Å². The lowest BCUT2D eigenvalue weighted by Crippen LogP contribution is -2.16. The van der Waals surface area contributed by atoms with Crippen LogP contribution in [0.15, 0.2) is 18.2 Å². The second-order valence-electron chi connectivity index (χ2n) is 5.03. The van der Waals surface area contributed by atoms with Crippen molar-refractivity contribution in [2.24, 2.45) is 7.05 Å². The van der Waals surface area contributed by atoms with Gasteiger partial charge in [0.25, 0.3) is 0 Å². The van der Waals surface area contributed by atoms with Gasteiger partial charge in [0.1, 0.15) is 17.4 Å². The number of hydrogen-bond donors (Lipinski definition) is 0. The molecule has 0 spiro atoms. The molecule has 0 saturated carbocycles. The van der Waals surface area contributed by atoms with Crippen molar-refractivity contribution in [3.8, 4) is 6.07 Å². The maximum Gasteiger partial charge on any atom is 0.115 e. The fraction of sp³-hybridized carbons (Fsp3) is 0.467. The number of nitriles is 1. The summed E-state index contributed by atoms with van der Waals surface area (Å²) >= 11 is 0. The highest BCUT2D eigenvalue weighted by Crippen LogP contribution is 2.34. The number of ether oxygens (including phenoxy) is 1. The van der Waals surface area contributed by atoms with Crippen molar-refractivity contribution in [3.05, 3.63) is 29.6 Å². The molecule has 1 aromatic heterocycles. The molecule has 3 rings (SSSR count). The van der Waals surface area contributed by atoms with Crippen LogP contribution in [0.25, 0.3) is 11.0 Å². The summed E-state index contributed by atoms with van der Waals surface area (Å²) in [7, 11) is 2.02. The van der Waals surface area contributed by atoms with Gasteiger partial charge in [-0.05, 0) is 25.0 Å². The monoisotopic (exact) mass is 255 g/mol. The smallest absolute Gasteiger partial charge is 0.115 e. The summed E-state index contributed by atoms with van der Waals surface area (Å²) < 4.78 is 7.87. The van der Waals surface area contributed by atoms with Gasteiger partial charge in [0.05, 0.1) is 17.2 Å². The van der Waals surface area contributed by atoms with E-state index in [1.165, 1.54) is 0 Å². The van der Waals surface area contributed by atoms with E-state index in [0.29, 0.717) is 11.5 Å². The molecule has 0 N–H and O–H groups in total. The molecule has 4 heteroatoms. The van der Waals surface area contributed by atoms with Gasteiger partial charge in [0, 0.05) is 19.6 Å².